The van der Waals surface area contributed by atoms with Gasteiger partial charge in [0.05, 0.1) is 24.7 Å². The van der Waals surface area contributed by atoms with Crippen molar-refractivity contribution in [2.24, 2.45) is 0 Å². The van der Waals surface area contributed by atoms with Crippen LogP contribution >= 0.6 is 11.6 Å². The van der Waals surface area contributed by atoms with Gasteiger partial charge in [0, 0.05) is 12.2 Å². The summed E-state index contributed by atoms with van der Waals surface area (Å²) in [5.41, 5.74) is 2.07. The van der Waals surface area contributed by atoms with E-state index in [2.05, 4.69) is 5.32 Å². The van der Waals surface area contributed by atoms with E-state index in [1.807, 2.05) is 17.0 Å². The monoisotopic (exact) mass is 252 g/mol. The highest BCUT2D eigenvalue weighted by atomic mass is 35.5. The molecule has 1 atom stereocenters. The molecule has 1 saturated heterocycles. The van der Waals surface area contributed by atoms with Crippen LogP contribution in [-0.4, -0.2) is 32.1 Å². The molecule has 3 rings (SSSR count). The SMILES string of the molecule is COc1cc2c(cc1Cl)N1C(=O)CNCC1C2. The summed E-state index contributed by atoms with van der Waals surface area (Å²) in [7, 11) is 1.60. The maximum absolute atomic E-state index is 11.9. The van der Waals surface area contributed by atoms with Crippen LogP contribution in [-0.2, 0) is 11.2 Å². The normalized spacial score (nSPS) is 22.4. The molecule has 0 radical (unpaired) electrons. The molecule has 2 heterocycles. The molecular formula is C12H13ClN2O2. The van der Waals surface area contributed by atoms with E-state index in [0.29, 0.717) is 17.3 Å². The Bertz CT molecular complexity index is 490. The number of methoxy groups -OCH3 is 1. The van der Waals surface area contributed by atoms with Crippen LogP contribution in [0.1, 0.15) is 5.56 Å². The van der Waals surface area contributed by atoms with Crippen LogP contribution in [0.25, 0.3) is 0 Å². The zero-order chi connectivity index (χ0) is 12.0. The van der Waals surface area contributed by atoms with Gasteiger partial charge in [-0.2, -0.15) is 0 Å². The first-order chi connectivity index (χ1) is 8.20. The number of ether oxygens (including phenoxy) is 1. The standard InChI is InChI=1S/C12H13ClN2O2/c1-17-11-3-7-2-8-5-14-6-12(16)15(8)10(7)4-9(11)13/h3-4,8,14H,2,5-6H2,1H3. The molecule has 0 aliphatic carbocycles. The molecule has 2 aliphatic rings. The van der Waals surface area contributed by atoms with Crippen molar-refractivity contribution in [3.63, 3.8) is 0 Å². The lowest BCUT2D eigenvalue weighted by Gasteiger charge is -2.30. The fourth-order valence-corrected chi connectivity index (χ4v) is 2.84. The number of fused-ring (bicyclic) bond motifs is 3. The first-order valence-corrected chi connectivity index (χ1v) is 5.97. The molecule has 4 nitrogen and oxygen atoms in total. The van der Waals surface area contributed by atoms with Crippen molar-refractivity contribution in [1.29, 1.82) is 0 Å². The molecule has 2 aliphatic heterocycles. The van der Waals surface area contributed by atoms with Gasteiger partial charge in [-0.3, -0.25) is 4.79 Å². The Balaban J connectivity index is 2.07. The molecule has 17 heavy (non-hydrogen) atoms. The van der Waals surface area contributed by atoms with Crippen LogP contribution in [0.3, 0.4) is 0 Å². The molecule has 1 aromatic carbocycles. The van der Waals surface area contributed by atoms with Gasteiger partial charge < -0.3 is 15.0 Å². The fraction of sp³-hybridized carbons (Fsp3) is 0.417. The Morgan fingerprint density at radius 2 is 2.35 bits per heavy atom. The van der Waals surface area contributed by atoms with Crippen LogP contribution in [0.15, 0.2) is 12.1 Å². The Hall–Kier alpha value is -1.26. The number of piperazine rings is 1. The quantitative estimate of drug-likeness (QED) is 0.817. The van der Waals surface area contributed by atoms with Crippen molar-refractivity contribution in [2.75, 3.05) is 25.1 Å². The molecule has 0 aromatic heterocycles. The van der Waals surface area contributed by atoms with E-state index in [4.69, 9.17) is 16.3 Å². The van der Waals surface area contributed by atoms with E-state index in [1.165, 1.54) is 0 Å². The van der Waals surface area contributed by atoms with E-state index >= 15 is 0 Å². The maximum atomic E-state index is 11.9. The highest BCUT2D eigenvalue weighted by molar-refractivity contribution is 6.32. The van der Waals surface area contributed by atoms with Gasteiger partial charge in [0.2, 0.25) is 5.91 Å². The summed E-state index contributed by atoms with van der Waals surface area (Å²) in [5.74, 6) is 0.784. The summed E-state index contributed by atoms with van der Waals surface area (Å²) < 4.78 is 5.20. The first kappa shape index (κ1) is 10.9. The summed E-state index contributed by atoms with van der Waals surface area (Å²) >= 11 is 6.11. The van der Waals surface area contributed by atoms with Gasteiger partial charge in [0.15, 0.2) is 0 Å². The van der Waals surface area contributed by atoms with Gasteiger partial charge in [-0.15, -0.1) is 0 Å². The van der Waals surface area contributed by atoms with Crippen LogP contribution in [0.4, 0.5) is 5.69 Å². The predicted molar refractivity (Wildman–Crippen MR) is 65.9 cm³/mol. The van der Waals surface area contributed by atoms with Crippen molar-refractivity contribution < 1.29 is 9.53 Å². The van der Waals surface area contributed by atoms with Crippen LogP contribution < -0.4 is 15.0 Å². The molecule has 0 saturated carbocycles. The third-order valence-electron chi connectivity index (χ3n) is 3.36. The molecule has 1 amide bonds. The highest BCUT2D eigenvalue weighted by Crippen LogP contribution is 2.39. The van der Waals surface area contributed by atoms with Gasteiger partial charge in [-0.1, -0.05) is 11.6 Å². The number of nitrogens with one attached hydrogen (secondary N) is 1. The second kappa shape index (κ2) is 3.89. The van der Waals surface area contributed by atoms with E-state index in [1.54, 1.807) is 7.11 Å². The minimum atomic E-state index is 0.112. The summed E-state index contributed by atoms with van der Waals surface area (Å²) in [6.07, 6.45) is 0.863. The lowest BCUT2D eigenvalue weighted by atomic mass is 10.1. The maximum Gasteiger partial charge on any atom is 0.241 e. The zero-order valence-electron chi connectivity index (χ0n) is 9.50. The van der Waals surface area contributed by atoms with Crippen LogP contribution in [0.5, 0.6) is 5.75 Å². The van der Waals surface area contributed by atoms with E-state index in [-0.39, 0.29) is 11.9 Å². The number of anilines is 1. The molecule has 90 valence electrons. The van der Waals surface area contributed by atoms with Crippen molar-refractivity contribution in [1.82, 2.24) is 5.32 Å². The van der Waals surface area contributed by atoms with E-state index < -0.39 is 0 Å². The summed E-state index contributed by atoms with van der Waals surface area (Å²) in [6, 6.07) is 3.98. The number of benzene rings is 1. The lowest BCUT2D eigenvalue weighted by Crippen LogP contribution is -2.53. The number of nitrogens with zero attached hydrogens (tertiary/aromatic N) is 1. The van der Waals surface area contributed by atoms with Crippen molar-refractivity contribution in [3.8, 4) is 5.75 Å². The summed E-state index contributed by atoms with van der Waals surface area (Å²) in [6.45, 7) is 1.24. The molecule has 1 aromatic rings. The fourth-order valence-electron chi connectivity index (χ4n) is 2.60. The highest BCUT2D eigenvalue weighted by Gasteiger charge is 2.36. The number of carbonyl (C=O) groups is 1. The number of hydrogen-bond donors (Lipinski definition) is 1. The largest absolute Gasteiger partial charge is 0.495 e. The minimum Gasteiger partial charge on any atom is -0.495 e. The Morgan fingerprint density at radius 3 is 3.12 bits per heavy atom. The smallest absolute Gasteiger partial charge is 0.241 e. The average molecular weight is 253 g/mol. The number of carbonyl (C=O) groups excluding carboxylic acids is 1. The summed E-state index contributed by atoms with van der Waals surface area (Å²) in [4.78, 5) is 13.8. The molecule has 5 heteroatoms. The Kier molecular flexibility index (Phi) is 2.49. The zero-order valence-corrected chi connectivity index (χ0v) is 10.3. The van der Waals surface area contributed by atoms with Gasteiger partial charge in [0.1, 0.15) is 5.75 Å². The van der Waals surface area contributed by atoms with Crippen LogP contribution in [0, 0.1) is 0 Å². The Morgan fingerprint density at radius 1 is 1.53 bits per heavy atom. The summed E-state index contributed by atoms with van der Waals surface area (Å²) in [5, 5.41) is 3.68. The van der Waals surface area contributed by atoms with Gasteiger partial charge in [0.25, 0.3) is 0 Å². The van der Waals surface area contributed by atoms with E-state index in [9.17, 15) is 4.79 Å². The van der Waals surface area contributed by atoms with Crippen molar-refractivity contribution >= 4 is 23.2 Å². The Labute approximate surface area is 104 Å². The van der Waals surface area contributed by atoms with Crippen molar-refractivity contribution in [3.05, 3.63) is 22.7 Å². The molecule has 0 bridgehead atoms. The van der Waals surface area contributed by atoms with Crippen LogP contribution in [0.2, 0.25) is 5.02 Å². The molecule has 1 unspecified atom stereocenters. The van der Waals surface area contributed by atoms with E-state index in [0.717, 1.165) is 24.2 Å². The third-order valence-corrected chi connectivity index (χ3v) is 3.65. The number of halogens is 1. The molecule has 0 spiro atoms. The lowest BCUT2D eigenvalue weighted by molar-refractivity contribution is -0.119. The number of rotatable bonds is 1. The minimum absolute atomic E-state index is 0.112. The predicted octanol–water partition coefficient (Wildman–Crippen LogP) is 1.21. The molecule has 1 fully saturated rings. The van der Waals surface area contributed by atoms with Gasteiger partial charge in [-0.05, 0) is 24.1 Å². The molecular weight excluding hydrogens is 240 g/mol. The van der Waals surface area contributed by atoms with Crippen molar-refractivity contribution in [2.45, 2.75) is 12.5 Å². The second-order valence-electron chi connectivity index (χ2n) is 4.37. The molecule has 1 N–H and O–H groups in total. The topological polar surface area (TPSA) is 41.6 Å². The first-order valence-electron chi connectivity index (χ1n) is 5.60. The van der Waals surface area contributed by atoms with Gasteiger partial charge in [-0.25, -0.2) is 0 Å². The number of amides is 1. The average Bonchev–Trinajstić information content (AvgIpc) is 2.66. The van der Waals surface area contributed by atoms with Gasteiger partial charge >= 0.3 is 0 Å². The second-order valence-corrected chi connectivity index (χ2v) is 4.78. The number of hydrogen-bond acceptors (Lipinski definition) is 3. The third kappa shape index (κ3) is 1.59.